The molecule has 0 aromatic heterocycles. The van der Waals surface area contributed by atoms with Crippen molar-refractivity contribution in [1.29, 1.82) is 5.26 Å². The molecule has 1 atom stereocenters. The van der Waals surface area contributed by atoms with Crippen LogP contribution in [0.3, 0.4) is 0 Å². The zero-order valence-electron chi connectivity index (χ0n) is 9.55. The minimum atomic E-state index is -1.18. The van der Waals surface area contributed by atoms with Crippen LogP contribution in [0.15, 0.2) is 18.2 Å². The Balaban J connectivity index is 2.89. The Morgan fingerprint density at radius 3 is 2.59 bits per heavy atom. The lowest BCUT2D eigenvalue weighted by Gasteiger charge is -2.18. The molecule has 5 heteroatoms. The summed E-state index contributed by atoms with van der Waals surface area (Å²) in [4.78, 5) is 11.7. The van der Waals surface area contributed by atoms with Gasteiger partial charge < -0.3 is 5.32 Å². The van der Waals surface area contributed by atoms with Crippen LogP contribution in [0.4, 0.5) is 14.5 Å². The highest BCUT2D eigenvalue weighted by Gasteiger charge is 2.31. The van der Waals surface area contributed by atoms with Crippen molar-refractivity contribution in [3.63, 3.8) is 0 Å². The van der Waals surface area contributed by atoms with E-state index in [2.05, 4.69) is 5.32 Å². The fraction of sp³-hybridized carbons (Fsp3) is 0.333. The molecule has 0 bridgehead atoms. The molecule has 1 aromatic rings. The van der Waals surface area contributed by atoms with Crippen molar-refractivity contribution < 1.29 is 13.6 Å². The second-order valence-corrected chi connectivity index (χ2v) is 3.88. The summed E-state index contributed by atoms with van der Waals surface area (Å²) >= 11 is 0. The summed E-state index contributed by atoms with van der Waals surface area (Å²) in [5.74, 6) is -2.56. The number of halogens is 2. The number of carbonyl (C=O) groups is 1. The van der Waals surface area contributed by atoms with Crippen LogP contribution in [0, 0.1) is 28.4 Å². The van der Waals surface area contributed by atoms with Gasteiger partial charge in [0.1, 0.15) is 5.41 Å². The van der Waals surface area contributed by atoms with Gasteiger partial charge in [0.05, 0.1) is 6.07 Å². The maximum absolute atomic E-state index is 12.9. The molecule has 17 heavy (non-hydrogen) atoms. The lowest BCUT2D eigenvalue weighted by molar-refractivity contribution is -0.122. The SMILES string of the molecule is CCC(C)(C#N)C(=O)Nc1ccc(F)c(F)c1. The Morgan fingerprint density at radius 1 is 1.47 bits per heavy atom. The highest BCUT2D eigenvalue weighted by Crippen LogP contribution is 2.23. The molecule has 1 amide bonds. The summed E-state index contributed by atoms with van der Waals surface area (Å²) in [7, 11) is 0. The fourth-order valence-corrected chi connectivity index (χ4v) is 1.13. The van der Waals surface area contributed by atoms with Crippen molar-refractivity contribution in [3.8, 4) is 6.07 Å². The van der Waals surface area contributed by atoms with E-state index in [0.29, 0.717) is 6.42 Å². The van der Waals surface area contributed by atoms with Crippen LogP contribution in [-0.4, -0.2) is 5.91 Å². The maximum atomic E-state index is 12.9. The van der Waals surface area contributed by atoms with Gasteiger partial charge in [0.15, 0.2) is 11.6 Å². The summed E-state index contributed by atoms with van der Waals surface area (Å²) in [6.45, 7) is 3.19. The second kappa shape index (κ2) is 4.91. The number of rotatable bonds is 3. The van der Waals surface area contributed by atoms with Gasteiger partial charge in [-0.15, -0.1) is 0 Å². The molecule has 0 aliphatic carbocycles. The van der Waals surface area contributed by atoms with Crippen molar-refractivity contribution in [2.45, 2.75) is 20.3 Å². The highest BCUT2D eigenvalue weighted by atomic mass is 19.2. The molecule has 3 nitrogen and oxygen atoms in total. The lowest BCUT2D eigenvalue weighted by Crippen LogP contribution is -2.31. The van der Waals surface area contributed by atoms with Crippen molar-refractivity contribution in [2.75, 3.05) is 5.32 Å². The van der Waals surface area contributed by atoms with E-state index in [1.807, 2.05) is 6.07 Å². The number of nitriles is 1. The molecular weight excluding hydrogens is 226 g/mol. The van der Waals surface area contributed by atoms with Gasteiger partial charge in [-0.2, -0.15) is 5.26 Å². The predicted octanol–water partition coefficient (Wildman–Crippen LogP) is 2.84. The number of hydrogen-bond donors (Lipinski definition) is 1. The topological polar surface area (TPSA) is 52.9 Å². The molecule has 0 heterocycles. The number of nitrogens with one attached hydrogen (secondary N) is 1. The van der Waals surface area contributed by atoms with E-state index in [0.717, 1.165) is 12.1 Å². The predicted molar refractivity (Wildman–Crippen MR) is 59.0 cm³/mol. The molecule has 0 saturated carbocycles. The summed E-state index contributed by atoms with van der Waals surface area (Å²) in [6, 6.07) is 4.93. The molecule has 0 saturated heterocycles. The number of anilines is 1. The Kier molecular flexibility index (Phi) is 3.79. The molecule has 1 unspecified atom stereocenters. The van der Waals surface area contributed by atoms with Crippen molar-refractivity contribution in [3.05, 3.63) is 29.8 Å². The first kappa shape index (κ1) is 13.1. The third-order valence-electron chi connectivity index (χ3n) is 2.63. The van der Waals surface area contributed by atoms with E-state index < -0.39 is 23.0 Å². The van der Waals surface area contributed by atoms with Crippen LogP contribution in [0.1, 0.15) is 20.3 Å². The van der Waals surface area contributed by atoms with Crippen LogP contribution in [-0.2, 0) is 4.79 Å². The first-order valence-electron chi connectivity index (χ1n) is 5.10. The molecule has 0 fully saturated rings. The van der Waals surface area contributed by atoms with Gasteiger partial charge in [0.25, 0.3) is 0 Å². The second-order valence-electron chi connectivity index (χ2n) is 3.88. The first-order chi connectivity index (χ1) is 7.92. The Hall–Kier alpha value is -1.96. The van der Waals surface area contributed by atoms with Gasteiger partial charge in [-0.25, -0.2) is 8.78 Å². The molecule has 1 aromatic carbocycles. The average Bonchev–Trinajstić information content (AvgIpc) is 2.32. The van der Waals surface area contributed by atoms with Crippen molar-refractivity contribution >= 4 is 11.6 Å². The monoisotopic (exact) mass is 238 g/mol. The molecule has 0 aliphatic rings. The van der Waals surface area contributed by atoms with Gasteiger partial charge in [-0.3, -0.25) is 4.79 Å². The minimum Gasteiger partial charge on any atom is -0.325 e. The smallest absolute Gasteiger partial charge is 0.244 e. The highest BCUT2D eigenvalue weighted by molar-refractivity contribution is 5.96. The quantitative estimate of drug-likeness (QED) is 0.880. The minimum absolute atomic E-state index is 0.129. The third kappa shape index (κ3) is 2.78. The summed E-state index contributed by atoms with van der Waals surface area (Å²) in [6.07, 6.45) is 0.332. The summed E-state index contributed by atoms with van der Waals surface area (Å²) < 4.78 is 25.6. The van der Waals surface area contributed by atoms with Crippen LogP contribution in [0.5, 0.6) is 0 Å². The maximum Gasteiger partial charge on any atom is 0.244 e. The van der Waals surface area contributed by atoms with Gasteiger partial charge >= 0.3 is 0 Å². The van der Waals surface area contributed by atoms with E-state index in [1.54, 1.807) is 6.92 Å². The molecule has 0 aliphatic heterocycles. The number of nitrogens with zero attached hydrogens (tertiary/aromatic N) is 1. The largest absolute Gasteiger partial charge is 0.325 e. The van der Waals surface area contributed by atoms with E-state index in [4.69, 9.17) is 5.26 Å². The van der Waals surface area contributed by atoms with E-state index in [-0.39, 0.29) is 5.69 Å². The summed E-state index contributed by atoms with van der Waals surface area (Å²) in [5.41, 5.74) is -1.05. The standard InChI is InChI=1S/C12H12F2N2O/c1-3-12(2,7-15)11(17)16-8-4-5-9(13)10(14)6-8/h4-6H,3H2,1-2H3,(H,16,17). The molecule has 1 rings (SSSR count). The summed E-state index contributed by atoms with van der Waals surface area (Å²) in [5, 5.41) is 11.3. The van der Waals surface area contributed by atoms with Gasteiger partial charge in [-0.05, 0) is 25.5 Å². The normalized spacial score (nSPS) is 13.6. The lowest BCUT2D eigenvalue weighted by atomic mass is 9.88. The third-order valence-corrected chi connectivity index (χ3v) is 2.63. The van der Waals surface area contributed by atoms with Gasteiger partial charge in [0, 0.05) is 11.8 Å². The van der Waals surface area contributed by atoms with Gasteiger partial charge in [0.2, 0.25) is 5.91 Å². The molecule has 0 radical (unpaired) electrons. The van der Waals surface area contributed by atoms with Crippen LogP contribution in [0.25, 0.3) is 0 Å². The van der Waals surface area contributed by atoms with Crippen LogP contribution < -0.4 is 5.32 Å². The number of amides is 1. The zero-order chi connectivity index (χ0) is 13.1. The number of hydrogen-bond acceptors (Lipinski definition) is 2. The van der Waals surface area contributed by atoms with E-state index in [1.165, 1.54) is 13.0 Å². The molecular formula is C12H12F2N2O. The Bertz CT molecular complexity index is 482. The Labute approximate surface area is 98.1 Å². The van der Waals surface area contributed by atoms with E-state index >= 15 is 0 Å². The van der Waals surface area contributed by atoms with Crippen molar-refractivity contribution in [1.82, 2.24) is 0 Å². The molecule has 90 valence electrons. The van der Waals surface area contributed by atoms with Crippen LogP contribution >= 0.6 is 0 Å². The number of benzene rings is 1. The van der Waals surface area contributed by atoms with Crippen LogP contribution in [0.2, 0.25) is 0 Å². The first-order valence-corrected chi connectivity index (χ1v) is 5.10. The van der Waals surface area contributed by atoms with E-state index in [9.17, 15) is 13.6 Å². The average molecular weight is 238 g/mol. The number of carbonyl (C=O) groups excluding carboxylic acids is 1. The van der Waals surface area contributed by atoms with Gasteiger partial charge in [-0.1, -0.05) is 6.92 Å². The zero-order valence-corrected chi connectivity index (χ0v) is 9.55. The fourth-order valence-electron chi connectivity index (χ4n) is 1.13. The Morgan fingerprint density at radius 2 is 2.12 bits per heavy atom. The van der Waals surface area contributed by atoms with Crippen molar-refractivity contribution in [2.24, 2.45) is 5.41 Å². The molecule has 1 N–H and O–H groups in total. The molecule has 0 spiro atoms.